The third-order valence-electron chi connectivity index (χ3n) is 4.10. The maximum Gasteiger partial charge on any atom is 0.268 e. The average Bonchev–Trinajstić information content (AvgIpc) is 2.46. The Morgan fingerprint density at radius 3 is 2.59 bits per heavy atom. The molecule has 0 radical (unpaired) electrons. The highest BCUT2D eigenvalue weighted by molar-refractivity contribution is 5.96. The zero-order valence-electron chi connectivity index (χ0n) is 13.0. The van der Waals surface area contributed by atoms with Gasteiger partial charge in [0.2, 0.25) is 0 Å². The summed E-state index contributed by atoms with van der Waals surface area (Å²) in [7, 11) is 0. The lowest BCUT2D eigenvalue weighted by Gasteiger charge is -2.33. The van der Waals surface area contributed by atoms with Crippen molar-refractivity contribution in [3.63, 3.8) is 0 Å². The number of halogens is 1. The van der Waals surface area contributed by atoms with Gasteiger partial charge in [-0.05, 0) is 30.4 Å². The Labute approximate surface area is 135 Å². The van der Waals surface area contributed by atoms with E-state index in [9.17, 15) is 9.59 Å². The van der Waals surface area contributed by atoms with Crippen molar-refractivity contribution in [3.8, 4) is 0 Å². The van der Waals surface area contributed by atoms with Gasteiger partial charge in [-0.1, -0.05) is 32.0 Å². The average molecular weight is 324 g/mol. The van der Waals surface area contributed by atoms with Crippen molar-refractivity contribution in [2.24, 2.45) is 11.7 Å². The minimum Gasteiger partial charge on any atom is -0.344 e. The third kappa shape index (κ3) is 3.48. The van der Waals surface area contributed by atoms with Gasteiger partial charge in [0, 0.05) is 11.9 Å². The molecule has 0 spiro atoms. The first-order chi connectivity index (χ1) is 9.87. The van der Waals surface area contributed by atoms with Gasteiger partial charge in [-0.2, -0.15) is 0 Å². The molecule has 6 heteroatoms. The quantitative estimate of drug-likeness (QED) is 0.804. The molecule has 1 atom stereocenters. The number of carbonyl (C=O) groups excluding carboxylic acids is 1. The van der Waals surface area contributed by atoms with Crippen molar-refractivity contribution in [2.45, 2.75) is 26.3 Å². The number of aromatic nitrogens is 1. The summed E-state index contributed by atoms with van der Waals surface area (Å²) in [5, 5.41) is 4.23. The van der Waals surface area contributed by atoms with Crippen LogP contribution < -0.4 is 16.6 Å². The lowest BCUT2D eigenvalue weighted by atomic mass is 9.88. The van der Waals surface area contributed by atoms with Crippen LogP contribution in [0.25, 0.3) is 10.8 Å². The number of fused-ring (bicyclic) bond motifs is 1. The van der Waals surface area contributed by atoms with Crippen molar-refractivity contribution < 1.29 is 4.79 Å². The van der Waals surface area contributed by atoms with E-state index in [1.54, 1.807) is 18.2 Å². The maximum absolute atomic E-state index is 12.4. The van der Waals surface area contributed by atoms with E-state index in [1.807, 2.05) is 32.9 Å². The van der Waals surface area contributed by atoms with E-state index in [0.717, 1.165) is 5.39 Å². The second-order valence-electron chi connectivity index (χ2n) is 5.83. The van der Waals surface area contributed by atoms with Crippen molar-refractivity contribution in [2.75, 3.05) is 6.54 Å². The first kappa shape index (κ1) is 18.2. The van der Waals surface area contributed by atoms with Gasteiger partial charge < -0.3 is 16.0 Å². The molecule has 4 N–H and O–H groups in total. The van der Waals surface area contributed by atoms with E-state index >= 15 is 0 Å². The van der Waals surface area contributed by atoms with Crippen LogP contribution in [0.4, 0.5) is 0 Å². The summed E-state index contributed by atoms with van der Waals surface area (Å²) in [5.41, 5.74) is 5.24. The maximum atomic E-state index is 12.4. The fraction of sp³-hybridized carbons (Fsp3) is 0.375. The zero-order chi connectivity index (χ0) is 15.6. The minimum absolute atomic E-state index is 0. The van der Waals surface area contributed by atoms with Crippen LogP contribution in [0, 0.1) is 5.92 Å². The Morgan fingerprint density at radius 2 is 2.00 bits per heavy atom. The van der Waals surface area contributed by atoms with E-state index < -0.39 is 5.54 Å². The van der Waals surface area contributed by atoms with Gasteiger partial charge in [0.1, 0.15) is 5.69 Å². The molecule has 1 aromatic carbocycles. The molecule has 0 fully saturated rings. The van der Waals surface area contributed by atoms with Crippen LogP contribution in [0.1, 0.15) is 31.3 Å². The lowest BCUT2D eigenvalue weighted by molar-refractivity contribution is 0.0878. The summed E-state index contributed by atoms with van der Waals surface area (Å²) in [6.45, 7) is 6.22. The van der Waals surface area contributed by atoms with Crippen LogP contribution in [-0.2, 0) is 0 Å². The second kappa shape index (κ2) is 6.94. The van der Waals surface area contributed by atoms with E-state index in [0.29, 0.717) is 11.9 Å². The molecule has 22 heavy (non-hydrogen) atoms. The van der Waals surface area contributed by atoms with Crippen LogP contribution in [0.5, 0.6) is 0 Å². The summed E-state index contributed by atoms with van der Waals surface area (Å²) in [6, 6.07) is 8.85. The molecule has 2 rings (SSSR count). The Morgan fingerprint density at radius 1 is 1.36 bits per heavy atom. The van der Waals surface area contributed by atoms with E-state index in [4.69, 9.17) is 5.73 Å². The van der Waals surface area contributed by atoms with E-state index in [2.05, 4.69) is 10.3 Å². The standard InChI is InChI=1S/C16H21N3O2.ClH/c1-10(2)16(3,9-17)19-15(21)13-8-11-6-4-5-7-12(11)14(20)18-13;/h4-8,10H,9,17H2,1-3H3,(H,18,20)(H,19,21);1H. The van der Waals surface area contributed by atoms with Gasteiger partial charge in [-0.3, -0.25) is 9.59 Å². The van der Waals surface area contributed by atoms with Crippen molar-refractivity contribution in [3.05, 3.63) is 46.4 Å². The van der Waals surface area contributed by atoms with Crippen molar-refractivity contribution in [1.29, 1.82) is 0 Å². The van der Waals surface area contributed by atoms with Crippen LogP contribution in [0.3, 0.4) is 0 Å². The monoisotopic (exact) mass is 323 g/mol. The van der Waals surface area contributed by atoms with Crippen LogP contribution in [-0.4, -0.2) is 23.0 Å². The van der Waals surface area contributed by atoms with E-state index in [-0.39, 0.29) is 35.5 Å². The Bertz CT molecular complexity index is 727. The van der Waals surface area contributed by atoms with E-state index in [1.165, 1.54) is 0 Å². The smallest absolute Gasteiger partial charge is 0.268 e. The SMILES string of the molecule is CC(C)C(C)(CN)NC(=O)c1cc2ccccc2c(=O)[nH]1.Cl. The molecule has 5 nitrogen and oxygen atoms in total. The van der Waals surface area contributed by atoms with Gasteiger partial charge >= 0.3 is 0 Å². The number of rotatable bonds is 4. The number of hydrogen-bond donors (Lipinski definition) is 3. The largest absolute Gasteiger partial charge is 0.344 e. The molecule has 120 valence electrons. The first-order valence-electron chi connectivity index (χ1n) is 7.02. The van der Waals surface area contributed by atoms with Crippen molar-refractivity contribution >= 4 is 29.1 Å². The number of amides is 1. The number of hydrogen-bond acceptors (Lipinski definition) is 3. The van der Waals surface area contributed by atoms with Gasteiger partial charge in [-0.15, -0.1) is 12.4 Å². The minimum atomic E-state index is -0.514. The number of benzene rings is 1. The zero-order valence-corrected chi connectivity index (χ0v) is 13.8. The number of pyridine rings is 1. The van der Waals surface area contributed by atoms with Crippen LogP contribution in [0.2, 0.25) is 0 Å². The normalized spacial score (nSPS) is 13.5. The molecule has 0 bridgehead atoms. The highest BCUT2D eigenvalue weighted by atomic mass is 35.5. The van der Waals surface area contributed by atoms with Gasteiger partial charge in [-0.25, -0.2) is 0 Å². The van der Waals surface area contributed by atoms with Crippen molar-refractivity contribution in [1.82, 2.24) is 10.3 Å². The summed E-state index contributed by atoms with van der Waals surface area (Å²) in [6.07, 6.45) is 0. The summed E-state index contributed by atoms with van der Waals surface area (Å²) < 4.78 is 0. The number of H-pyrrole nitrogens is 1. The molecule has 0 aliphatic carbocycles. The topological polar surface area (TPSA) is 88.0 Å². The molecule has 0 saturated heterocycles. The summed E-state index contributed by atoms with van der Waals surface area (Å²) in [5.74, 6) is -0.141. The fourth-order valence-electron chi connectivity index (χ4n) is 2.09. The molecule has 0 aliphatic rings. The predicted molar refractivity (Wildman–Crippen MR) is 91.6 cm³/mol. The highest BCUT2D eigenvalue weighted by Crippen LogP contribution is 2.16. The third-order valence-corrected chi connectivity index (χ3v) is 4.10. The molecular formula is C16H22ClN3O2. The molecule has 1 unspecified atom stereocenters. The van der Waals surface area contributed by atoms with Crippen LogP contribution in [0.15, 0.2) is 35.1 Å². The molecule has 1 heterocycles. The molecule has 1 aromatic heterocycles. The molecule has 0 aliphatic heterocycles. The molecular weight excluding hydrogens is 302 g/mol. The lowest BCUT2D eigenvalue weighted by Crippen LogP contribution is -2.55. The molecule has 2 aromatic rings. The first-order valence-corrected chi connectivity index (χ1v) is 7.02. The summed E-state index contributed by atoms with van der Waals surface area (Å²) in [4.78, 5) is 27.0. The molecule has 1 amide bonds. The Kier molecular flexibility index (Phi) is 5.74. The van der Waals surface area contributed by atoms with Crippen LogP contribution >= 0.6 is 12.4 Å². The highest BCUT2D eigenvalue weighted by Gasteiger charge is 2.29. The fourth-order valence-corrected chi connectivity index (χ4v) is 2.09. The number of nitrogens with two attached hydrogens (primary N) is 1. The molecule has 0 saturated carbocycles. The second-order valence-corrected chi connectivity index (χ2v) is 5.83. The predicted octanol–water partition coefficient (Wildman–Crippen LogP) is 2.05. The Balaban J connectivity index is 0.00000242. The number of nitrogens with one attached hydrogen (secondary N) is 2. The van der Waals surface area contributed by atoms with Gasteiger partial charge in [0.05, 0.1) is 5.54 Å². The van der Waals surface area contributed by atoms with Gasteiger partial charge in [0.25, 0.3) is 11.5 Å². The number of aromatic amines is 1. The van der Waals surface area contributed by atoms with Gasteiger partial charge in [0.15, 0.2) is 0 Å². The number of carbonyl (C=O) groups is 1. The summed E-state index contributed by atoms with van der Waals surface area (Å²) >= 11 is 0. The Hall–Kier alpha value is -1.85.